The molecule has 2 heteroatoms. The maximum atomic E-state index is 11.8. The third-order valence-electron chi connectivity index (χ3n) is 3.71. The van der Waals surface area contributed by atoms with Gasteiger partial charge in [-0.05, 0) is 37.0 Å². The number of carbonyl (C=O) groups is 1. The van der Waals surface area contributed by atoms with Crippen LogP contribution in [0.1, 0.15) is 49.3 Å². The molecule has 0 aliphatic heterocycles. The van der Waals surface area contributed by atoms with Gasteiger partial charge in [-0.1, -0.05) is 26.8 Å². The predicted molar refractivity (Wildman–Crippen MR) is 76.4 cm³/mol. The van der Waals surface area contributed by atoms with Gasteiger partial charge in [-0.25, -0.2) is 0 Å². The highest BCUT2D eigenvalue weighted by molar-refractivity contribution is 6.08. The van der Waals surface area contributed by atoms with Crippen LogP contribution < -0.4 is 0 Å². The molecule has 0 atom stereocenters. The quantitative estimate of drug-likeness (QED) is 0.694. The summed E-state index contributed by atoms with van der Waals surface area (Å²) < 4.78 is 2.10. The summed E-state index contributed by atoms with van der Waals surface area (Å²) in [6, 6.07) is 6.44. The van der Waals surface area contributed by atoms with Crippen molar-refractivity contribution in [3.63, 3.8) is 0 Å². The second-order valence-corrected chi connectivity index (χ2v) is 6.06. The van der Waals surface area contributed by atoms with Gasteiger partial charge in [0.15, 0.2) is 5.78 Å². The second kappa shape index (κ2) is 3.98. The number of carbonyl (C=O) groups excluding carboxylic acids is 1. The molecule has 0 saturated carbocycles. The van der Waals surface area contributed by atoms with Gasteiger partial charge in [0, 0.05) is 29.2 Å². The standard InChI is InChI=1S/C16H21NO/c1-10-15(11(2)18)13-9-12(16(3,4)5)7-8-14(13)17(10)6/h7-9H,1-6H3. The van der Waals surface area contributed by atoms with Crippen LogP contribution in [0.15, 0.2) is 18.2 Å². The summed E-state index contributed by atoms with van der Waals surface area (Å²) >= 11 is 0. The zero-order valence-corrected chi connectivity index (χ0v) is 12.1. The van der Waals surface area contributed by atoms with Gasteiger partial charge in [-0.3, -0.25) is 4.79 Å². The first-order valence-corrected chi connectivity index (χ1v) is 6.34. The van der Waals surface area contributed by atoms with E-state index in [1.807, 2.05) is 14.0 Å². The molecule has 0 spiro atoms. The minimum atomic E-state index is 0.103. The van der Waals surface area contributed by atoms with Crippen LogP contribution in [-0.4, -0.2) is 10.4 Å². The van der Waals surface area contributed by atoms with Crippen molar-refractivity contribution in [1.82, 2.24) is 4.57 Å². The number of ketones is 1. The summed E-state index contributed by atoms with van der Waals surface area (Å²) in [5.41, 5.74) is 4.40. The van der Waals surface area contributed by atoms with Crippen molar-refractivity contribution >= 4 is 16.7 Å². The van der Waals surface area contributed by atoms with Crippen molar-refractivity contribution in [3.8, 4) is 0 Å². The lowest BCUT2D eigenvalue weighted by Gasteiger charge is -2.19. The summed E-state index contributed by atoms with van der Waals surface area (Å²) in [4.78, 5) is 11.8. The van der Waals surface area contributed by atoms with Gasteiger partial charge >= 0.3 is 0 Å². The van der Waals surface area contributed by atoms with Crippen molar-refractivity contribution in [2.45, 2.75) is 40.0 Å². The molecule has 0 aliphatic rings. The lowest BCUT2D eigenvalue weighted by atomic mass is 9.86. The van der Waals surface area contributed by atoms with E-state index in [1.165, 1.54) is 5.56 Å². The molecule has 0 fully saturated rings. The molecule has 0 aliphatic carbocycles. The van der Waals surface area contributed by atoms with Gasteiger partial charge < -0.3 is 4.57 Å². The number of nitrogens with zero attached hydrogens (tertiary/aromatic N) is 1. The maximum absolute atomic E-state index is 11.8. The summed E-state index contributed by atoms with van der Waals surface area (Å²) in [7, 11) is 2.01. The fourth-order valence-corrected chi connectivity index (χ4v) is 2.48. The van der Waals surface area contributed by atoms with Gasteiger partial charge in [0.1, 0.15) is 0 Å². The smallest absolute Gasteiger partial charge is 0.162 e. The third kappa shape index (κ3) is 1.86. The lowest BCUT2D eigenvalue weighted by Crippen LogP contribution is -2.10. The number of hydrogen-bond acceptors (Lipinski definition) is 1. The van der Waals surface area contributed by atoms with E-state index in [0.717, 1.165) is 22.2 Å². The Kier molecular flexibility index (Phi) is 2.84. The van der Waals surface area contributed by atoms with E-state index in [-0.39, 0.29) is 11.2 Å². The third-order valence-corrected chi connectivity index (χ3v) is 3.71. The summed E-state index contributed by atoms with van der Waals surface area (Å²) in [5, 5.41) is 1.08. The molecule has 1 heterocycles. The van der Waals surface area contributed by atoms with Crippen LogP contribution in [0.2, 0.25) is 0 Å². The number of hydrogen-bond donors (Lipinski definition) is 0. The van der Waals surface area contributed by atoms with E-state index in [2.05, 4.69) is 43.5 Å². The van der Waals surface area contributed by atoms with Gasteiger partial charge in [0.2, 0.25) is 0 Å². The molecule has 1 aromatic carbocycles. The first kappa shape index (κ1) is 12.9. The highest BCUT2D eigenvalue weighted by atomic mass is 16.1. The largest absolute Gasteiger partial charge is 0.347 e. The van der Waals surface area contributed by atoms with Crippen molar-refractivity contribution in [2.75, 3.05) is 0 Å². The Morgan fingerprint density at radius 3 is 2.33 bits per heavy atom. The van der Waals surface area contributed by atoms with Crippen LogP contribution in [0.25, 0.3) is 10.9 Å². The fourth-order valence-electron chi connectivity index (χ4n) is 2.48. The van der Waals surface area contributed by atoms with Gasteiger partial charge in [-0.2, -0.15) is 0 Å². The van der Waals surface area contributed by atoms with Crippen molar-refractivity contribution in [1.29, 1.82) is 0 Å². The maximum Gasteiger partial charge on any atom is 0.162 e. The molecule has 2 nitrogen and oxygen atoms in total. The number of benzene rings is 1. The Morgan fingerprint density at radius 2 is 1.83 bits per heavy atom. The fraction of sp³-hybridized carbons (Fsp3) is 0.438. The Morgan fingerprint density at radius 1 is 1.22 bits per heavy atom. The number of aryl methyl sites for hydroxylation is 1. The van der Waals surface area contributed by atoms with Gasteiger partial charge in [-0.15, -0.1) is 0 Å². The first-order valence-electron chi connectivity index (χ1n) is 6.34. The molecule has 0 unspecified atom stereocenters. The van der Waals surface area contributed by atoms with Gasteiger partial charge in [0.05, 0.1) is 0 Å². The molecule has 0 radical (unpaired) electrons. The highest BCUT2D eigenvalue weighted by Crippen LogP contribution is 2.30. The normalized spacial score (nSPS) is 12.1. The lowest BCUT2D eigenvalue weighted by molar-refractivity contribution is 0.101. The van der Waals surface area contributed by atoms with Crippen LogP contribution in [0.3, 0.4) is 0 Å². The van der Waals surface area contributed by atoms with E-state index in [9.17, 15) is 4.79 Å². The average molecular weight is 243 g/mol. The Labute approximate surface area is 109 Å². The number of aromatic nitrogens is 1. The summed E-state index contributed by atoms with van der Waals surface area (Å²) in [6.45, 7) is 10.2. The minimum Gasteiger partial charge on any atom is -0.347 e. The van der Waals surface area contributed by atoms with Crippen LogP contribution in [0.5, 0.6) is 0 Å². The van der Waals surface area contributed by atoms with E-state index in [1.54, 1.807) is 6.92 Å². The summed E-state index contributed by atoms with van der Waals surface area (Å²) in [6.07, 6.45) is 0. The predicted octanol–water partition coefficient (Wildman–Crippen LogP) is 3.99. The summed E-state index contributed by atoms with van der Waals surface area (Å²) in [5.74, 6) is 0.143. The van der Waals surface area contributed by atoms with Crippen LogP contribution in [0, 0.1) is 6.92 Å². The van der Waals surface area contributed by atoms with Crippen LogP contribution in [0.4, 0.5) is 0 Å². The van der Waals surface area contributed by atoms with Crippen LogP contribution >= 0.6 is 0 Å². The van der Waals surface area contributed by atoms with E-state index >= 15 is 0 Å². The molecule has 0 amide bonds. The first-order chi connectivity index (χ1) is 8.23. The highest BCUT2D eigenvalue weighted by Gasteiger charge is 2.19. The van der Waals surface area contributed by atoms with E-state index in [0.29, 0.717) is 0 Å². The van der Waals surface area contributed by atoms with Crippen molar-refractivity contribution in [3.05, 3.63) is 35.0 Å². The monoisotopic (exact) mass is 243 g/mol. The molecule has 0 saturated heterocycles. The van der Waals surface area contributed by atoms with Crippen LogP contribution in [-0.2, 0) is 12.5 Å². The van der Waals surface area contributed by atoms with Crippen molar-refractivity contribution < 1.29 is 4.79 Å². The zero-order valence-electron chi connectivity index (χ0n) is 12.1. The molecular weight excluding hydrogens is 222 g/mol. The average Bonchev–Trinajstić information content (AvgIpc) is 2.50. The Bertz CT molecular complexity index is 627. The van der Waals surface area contributed by atoms with E-state index in [4.69, 9.17) is 0 Å². The number of Topliss-reactive ketones (excluding diaryl/α,β-unsaturated/α-hetero) is 1. The Balaban J connectivity index is 2.84. The molecule has 18 heavy (non-hydrogen) atoms. The molecular formula is C16H21NO. The zero-order chi connectivity index (χ0) is 13.7. The van der Waals surface area contributed by atoms with E-state index < -0.39 is 0 Å². The second-order valence-electron chi connectivity index (χ2n) is 6.06. The number of rotatable bonds is 1. The van der Waals surface area contributed by atoms with Crippen molar-refractivity contribution in [2.24, 2.45) is 7.05 Å². The molecule has 96 valence electrons. The molecule has 2 rings (SSSR count). The molecule has 2 aromatic rings. The molecule has 0 bridgehead atoms. The topological polar surface area (TPSA) is 22.0 Å². The molecule has 0 N–H and O–H groups in total. The van der Waals surface area contributed by atoms with Gasteiger partial charge in [0.25, 0.3) is 0 Å². The Hall–Kier alpha value is -1.57. The number of fused-ring (bicyclic) bond motifs is 1. The molecule has 1 aromatic heterocycles. The SMILES string of the molecule is CC(=O)c1c(C)n(C)c2ccc(C(C)(C)C)cc12. The minimum absolute atomic E-state index is 0.103.